The average molecular weight is 213 g/mol. The van der Waals surface area contributed by atoms with Crippen molar-refractivity contribution in [1.82, 2.24) is 10.2 Å². The maximum Gasteiger partial charge on any atom is 0.0556 e. The van der Waals surface area contributed by atoms with Crippen LogP contribution in [0.5, 0.6) is 0 Å². The number of nitrogens with zero attached hydrogens (tertiary/aromatic N) is 1. The summed E-state index contributed by atoms with van der Waals surface area (Å²) in [6.07, 6.45) is 3.82. The van der Waals surface area contributed by atoms with Crippen molar-refractivity contribution in [2.75, 3.05) is 26.2 Å². The fraction of sp³-hybridized carbons (Fsp3) is 1.00. The minimum absolute atomic E-state index is 0.0464. The van der Waals surface area contributed by atoms with E-state index in [1.165, 1.54) is 12.8 Å². The SMILES string of the molecule is CC1CC(CN)(NCCO)CN1C1CC1. The van der Waals surface area contributed by atoms with Crippen LogP contribution in [0.1, 0.15) is 26.2 Å². The van der Waals surface area contributed by atoms with E-state index in [1.807, 2.05) is 0 Å². The average Bonchev–Trinajstić information content (AvgIpc) is 3.02. The van der Waals surface area contributed by atoms with Gasteiger partial charge in [-0.15, -0.1) is 0 Å². The highest BCUT2D eigenvalue weighted by Gasteiger charge is 2.45. The van der Waals surface area contributed by atoms with Gasteiger partial charge in [-0.05, 0) is 26.2 Å². The Labute approximate surface area is 91.8 Å². The molecule has 2 rings (SSSR count). The Morgan fingerprint density at radius 3 is 2.80 bits per heavy atom. The fourth-order valence-electron chi connectivity index (χ4n) is 2.82. The first kappa shape index (κ1) is 11.3. The van der Waals surface area contributed by atoms with Crippen molar-refractivity contribution in [2.45, 2.75) is 43.8 Å². The van der Waals surface area contributed by atoms with E-state index in [4.69, 9.17) is 10.8 Å². The monoisotopic (exact) mass is 213 g/mol. The van der Waals surface area contributed by atoms with Crippen molar-refractivity contribution >= 4 is 0 Å². The number of nitrogens with two attached hydrogens (primary N) is 1. The summed E-state index contributed by atoms with van der Waals surface area (Å²) in [4.78, 5) is 2.58. The Bertz CT molecular complexity index is 220. The Morgan fingerprint density at radius 2 is 2.27 bits per heavy atom. The smallest absolute Gasteiger partial charge is 0.0556 e. The molecule has 1 saturated heterocycles. The standard InChI is InChI=1S/C11H23N3O/c1-9-6-11(7-12,13-4-5-15)8-14(9)10-2-3-10/h9-10,13,15H,2-8,12H2,1H3. The zero-order chi connectivity index (χ0) is 10.9. The van der Waals surface area contributed by atoms with Gasteiger partial charge in [0.1, 0.15) is 0 Å². The zero-order valence-corrected chi connectivity index (χ0v) is 9.58. The second-order valence-corrected chi connectivity index (χ2v) is 5.09. The van der Waals surface area contributed by atoms with E-state index < -0.39 is 0 Å². The zero-order valence-electron chi connectivity index (χ0n) is 9.58. The van der Waals surface area contributed by atoms with E-state index in [0.717, 1.165) is 19.0 Å². The van der Waals surface area contributed by atoms with Crippen LogP contribution in [-0.2, 0) is 0 Å². The number of rotatable bonds is 5. The molecule has 4 N–H and O–H groups in total. The van der Waals surface area contributed by atoms with E-state index in [1.54, 1.807) is 0 Å². The summed E-state index contributed by atoms with van der Waals surface area (Å²) in [5.41, 5.74) is 5.93. The van der Waals surface area contributed by atoms with E-state index in [2.05, 4.69) is 17.1 Å². The number of β-amino-alcohol motifs (C(OH)–C–C–N with tert-alkyl or cyclic N) is 1. The molecule has 0 amide bonds. The molecule has 2 atom stereocenters. The third-order valence-electron chi connectivity index (χ3n) is 3.76. The highest BCUT2D eigenvalue weighted by Crippen LogP contribution is 2.36. The summed E-state index contributed by atoms with van der Waals surface area (Å²) >= 11 is 0. The highest BCUT2D eigenvalue weighted by atomic mass is 16.3. The molecular formula is C11H23N3O. The van der Waals surface area contributed by atoms with Crippen LogP contribution in [0.4, 0.5) is 0 Å². The van der Waals surface area contributed by atoms with E-state index in [0.29, 0.717) is 19.1 Å². The predicted molar refractivity (Wildman–Crippen MR) is 60.7 cm³/mol. The number of nitrogens with one attached hydrogen (secondary N) is 1. The molecule has 2 unspecified atom stereocenters. The number of hydrogen-bond acceptors (Lipinski definition) is 4. The molecule has 0 spiro atoms. The van der Waals surface area contributed by atoms with Gasteiger partial charge in [0.2, 0.25) is 0 Å². The van der Waals surface area contributed by atoms with Crippen LogP contribution in [0, 0.1) is 0 Å². The lowest BCUT2D eigenvalue weighted by atomic mass is 9.96. The third kappa shape index (κ3) is 2.33. The predicted octanol–water partition coefficient (Wildman–Crippen LogP) is -0.478. The van der Waals surface area contributed by atoms with E-state index in [-0.39, 0.29) is 12.1 Å². The van der Waals surface area contributed by atoms with Crippen LogP contribution < -0.4 is 11.1 Å². The Balaban J connectivity index is 1.95. The minimum atomic E-state index is 0.0464. The molecule has 4 heteroatoms. The lowest BCUT2D eigenvalue weighted by Crippen LogP contribution is -2.54. The molecular weight excluding hydrogens is 190 g/mol. The van der Waals surface area contributed by atoms with Crippen molar-refractivity contribution in [3.63, 3.8) is 0 Å². The van der Waals surface area contributed by atoms with Crippen LogP contribution >= 0.6 is 0 Å². The lowest BCUT2D eigenvalue weighted by molar-refractivity contribution is 0.229. The molecule has 88 valence electrons. The summed E-state index contributed by atoms with van der Waals surface area (Å²) in [5, 5.41) is 12.3. The molecule has 0 aromatic rings. The summed E-state index contributed by atoms with van der Waals surface area (Å²) in [7, 11) is 0. The number of hydrogen-bond donors (Lipinski definition) is 3. The maximum absolute atomic E-state index is 8.87. The van der Waals surface area contributed by atoms with Gasteiger partial charge in [0, 0.05) is 37.3 Å². The molecule has 0 bridgehead atoms. The number of aliphatic hydroxyl groups excluding tert-OH is 1. The van der Waals surface area contributed by atoms with Crippen LogP contribution in [0.25, 0.3) is 0 Å². The Morgan fingerprint density at radius 1 is 1.53 bits per heavy atom. The van der Waals surface area contributed by atoms with Gasteiger partial charge in [0.15, 0.2) is 0 Å². The van der Waals surface area contributed by atoms with E-state index >= 15 is 0 Å². The van der Waals surface area contributed by atoms with Gasteiger partial charge in [-0.1, -0.05) is 0 Å². The van der Waals surface area contributed by atoms with Crippen molar-refractivity contribution in [3.8, 4) is 0 Å². The Kier molecular flexibility index (Phi) is 3.30. The summed E-state index contributed by atoms with van der Waals surface area (Å²) in [6.45, 7) is 4.86. The first-order chi connectivity index (χ1) is 7.21. The number of likely N-dealkylation sites (tertiary alicyclic amines) is 1. The summed E-state index contributed by atoms with van der Waals surface area (Å²) < 4.78 is 0. The molecule has 2 fully saturated rings. The largest absolute Gasteiger partial charge is 0.395 e. The van der Waals surface area contributed by atoms with Crippen LogP contribution in [0.2, 0.25) is 0 Å². The summed E-state index contributed by atoms with van der Waals surface area (Å²) in [5.74, 6) is 0. The van der Waals surface area contributed by atoms with Crippen molar-refractivity contribution in [2.24, 2.45) is 5.73 Å². The number of aliphatic hydroxyl groups is 1. The molecule has 2 aliphatic rings. The molecule has 0 radical (unpaired) electrons. The molecule has 1 saturated carbocycles. The van der Waals surface area contributed by atoms with Gasteiger partial charge in [0.05, 0.1) is 6.61 Å². The molecule has 15 heavy (non-hydrogen) atoms. The topological polar surface area (TPSA) is 61.5 Å². The van der Waals surface area contributed by atoms with Crippen LogP contribution in [0.15, 0.2) is 0 Å². The first-order valence-electron chi connectivity index (χ1n) is 6.02. The fourth-order valence-corrected chi connectivity index (χ4v) is 2.82. The lowest BCUT2D eigenvalue weighted by Gasteiger charge is -2.29. The van der Waals surface area contributed by atoms with Gasteiger partial charge in [-0.3, -0.25) is 4.90 Å². The second-order valence-electron chi connectivity index (χ2n) is 5.09. The summed E-state index contributed by atoms with van der Waals surface area (Å²) in [6, 6.07) is 1.44. The molecule has 1 heterocycles. The highest BCUT2D eigenvalue weighted by molar-refractivity contribution is 5.05. The van der Waals surface area contributed by atoms with Gasteiger partial charge in [-0.25, -0.2) is 0 Å². The normalized spacial score (nSPS) is 37.4. The molecule has 4 nitrogen and oxygen atoms in total. The maximum atomic E-state index is 8.87. The van der Waals surface area contributed by atoms with Gasteiger partial charge < -0.3 is 16.2 Å². The minimum Gasteiger partial charge on any atom is -0.395 e. The van der Waals surface area contributed by atoms with Gasteiger partial charge >= 0.3 is 0 Å². The molecule has 1 aliphatic heterocycles. The second kappa shape index (κ2) is 4.37. The first-order valence-corrected chi connectivity index (χ1v) is 6.02. The van der Waals surface area contributed by atoms with E-state index in [9.17, 15) is 0 Å². The quantitative estimate of drug-likeness (QED) is 0.577. The molecule has 0 aromatic heterocycles. The Hall–Kier alpha value is -0.160. The van der Waals surface area contributed by atoms with Crippen molar-refractivity contribution < 1.29 is 5.11 Å². The van der Waals surface area contributed by atoms with Crippen LogP contribution in [-0.4, -0.2) is 53.9 Å². The van der Waals surface area contributed by atoms with Crippen molar-refractivity contribution in [3.05, 3.63) is 0 Å². The van der Waals surface area contributed by atoms with Crippen molar-refractivity contribution in [1.29, 1.82) is 0 Å². The van der Waals surface area contributed by atoms with Crippen LogP contribution in [0.3, 0.4) is 0 Å². The molecule has 0 aromatic carbocycles. The molecule has 1 aliphatic carbocycles. The van der Waals surface area contributed by atoms with Gasteiger partial charge in [-0.2, -0.15) is 0 Å². The third-order valence-corrected chi connectivity index (χ3v) is 3.76. The van der Waals surface area contributed by atoms with Gasteiger partial charge in [0.25, 0.3) is 0 Å².